The van der Waals surface area contributed by atoms with Crippen LogP contribution in [-0.4, -0.2) is 42.9 Å². The first kappa shape index (κ1) is 16.3. The fourth-order valence-corrected chi connectivity index (χ4v) is 2.78. The summed E-state index contributed by atoms with van der Waals surface area (Å²) in [6.07, 6.45) is 4.28. The Labute approximate surface area is 130 Å². The van der Waals surface area contributed by atoms with Gasteiger partial charge in [0.25, 0.3) is 5.91 Å². The van der Waals surface area contributed by atoms with Crippen molar-refractivity contribution in [3.8, 4) is 0 Å². The molecule has 0 radical (unpaired) electrons. The van der Waals surface area contributed by atoms with Crippen LogP contribution < -0.4 is 10.6 Å². The largest absolute Gasteiger partial charge is 0.385 e. The topological polar surface area (TPSA) is 79.0 Å². The van der Waals surface area contributed by atoms with E-state index in [1.54, 1.807) is 7.11 Å². The maximum absolute atomic E-state index is 12.3. The van der Waals surface area contributed by atoms with Gasteiger partial charge in [-0.15, -0.1) is 12.4 Å². The quantitative estimate of drug-likeness (QED) is 0.732. The van der Waals surface area contributed by atoms with Gasteiger partial charge in [0.2, 0.25) is 0 Å². The van der Waals surface area contributed by atoms with Crippen molar-refractivity contribution in [2.45, 2.75) is 32.2 Å². The van der Waals surface area contributed by atoms with E-state index in [9.17, 15) is 4.79 Å². The van der Waals surface area contributed by atoms with Gasteiger partial charge >= 0.3 is 0 Å². The lowest BCUT2D eigenvalue weighted by atomic mass is 10.0. The first-order valence-electron chi connectivity index (χ1n) is 7.28. The molecule has 0 unspecified atom stereocenters. The number of aromatic amines is 1. The van der Waals surface area contributed by atoms with Gasteiger partial charge in [0, 0.05) is 51.0 Å². The highest BCUT2D eigenvalue weighted by Gasteiger charge is 2.42. The van der Waals surface area contributed by atoms with E-state index in [0.29, 0.717) is 5.69 Å². The molecular weight excluding hydrogens is 292 g/mol. The minimum Gasteiger partial charge on any atom is -0.385 e. The number of amides is 1. The predicted octanol–water partition coefficient (Wildman–Crippen LogP) is 1.02. The molecule has 0 atom stereocenters. The zero-order chi connectivity index (χ0) is 14.0. The van der Waals surface area contributed by atoms with Crippen molar-refractivity contribution < 1.29 is 9.53 Å². The number of nitrogens with one attached hydrogen (secondary N) is 3. The number of carbonyl (C=O) groups is 1. The standard InChI is InChI=1S/C14H22N4O2.ClH/c1-20-7-5-14(3-4-14)9-16-13(19)12-10-8-15-6-2-11(10)17-18-12;/h15H,2-9H2,1H3,(H,16,19)(H,17,18);1H. The number of halogens is 1. The Kier molecular flexibility index (Phi) is 5.24. The van der Waals surface area contributed by atoms with Gasteiger partial charge in [-0.3, -0.25) is 9.89 Å². The number of hydrogen-bond acceptors (Lipinski definition) is 4. The molecule has 1 aromatic rings. The van der Waals surface area contributed by atoms with Crippen molar-refractivity contribution in [3.63, 3.8) is 0 Å². The Hall–Kier alpha value is -1.11. The van der Waals surface area contributed by atoms with Gasteiger partial charge in [-0.1, -0.05) is 0 Å². The van der Waals surface area contributed by atoms with Crippen molar-refractivity contribution in [2.75, 3.05) is 26.8 Å². The van der Waals surface area contributed by atoms with Crippen molar-refractivity contribution in [1.29, 1.82) is 0 Å². The second kappa shape index (κ2) is 6.77. The summed E-state index contributed by atoms with van der Waals surface area (Å²) in [6, 6.07) is 0. The molecule has 7 heteroatoms. The highest BCUT2D eigenvalue weighted by Crippen LogP contribution is 2.48. The summed E-state index contributed by atoms with van der Waals surface area (Å²) in [6.45, 7) is 3.15. The van der Waals surface area contributed by atoms with Gasteiger partial charge < -0.3 is 15.4 Å². The van der Waals surface area contributed by atoms with E-state index in [-0.39, 0.29) is 23.7 Å². The molecule has 2 heterocycles. The highest BCUT2D eigenvalue weighted by atomic mass is 35.5. The number of carbonyl (C=O) groups excluding carboxylic acids is 1. The molecular formula is C14H23ClN4O2. The minimum atomic E-state index is -0.0603. The molecule has 21 heavy (non-hydrogen) atoms. The molecule has 1 aliphatic carbocycles. The van der Waals surface area contributed by atoms with Crippen LogP contribution in [0.25, 0.3) is 0 Å². The maximum atomic E-state index is 12.3. The number of aromatic nitrogens is 2. The third-order valence-electron chi connectivity index (χ3n) is 4.44. The Morgan fingerprint density at radius 1 is 1.48 bits per heavy atom. The van der Waals surface area contributed by atoms with Crippen LogP contribution in [0.4, 0.5) is 0 Å². The zero-order valence-electron chi connectivity index (χ0n) is 12.3. The first-order valence-corrected chi connectivity index (χ1v) is 7.28. The van der Waals surface area contributed by atoms with Gasteiger partial charge in [0.1, 0.15) is 0 Å². The zero-order valence-corrected chi connectivity index (χ0v) is 13.1. The average Bonchev–Trinajstić information content (AvgIpc) is 3.12. The number of H-pyrrole nitrogens is 1. The normalized spacial score (nSPS) is 18.5. The second-order valence-electron chi connectivity index (χ2n) is 5.88. The van der Waals surface area contributed by atoms with Crippen molar-refractivity contribution >= 4 is 18.3 Å². The van der Waals surface area contributed by atoms with Gasteiger partial charge in [-0.25, -0.2) is 0 Å². The Morgan fingerprint density at radius 2 is 2.29 bits per heavy atom. The smallest absolute Gasteiger partial charge is 0.272 e. The second-order valence-corrected chi connectivity index (χ2v) is 5.88. The summed E-state index contributed by atoms with van der Waals surface area (Å²) in [5.74, 6) is -0.0603. The summed E-state index contributed by atoms with van der Waals surface area (Å²) in [5, 5.41) is 13.5. The molecule has 118 valence electrons. The van der Waals surface area contributed by atoms with E-state index in [2.05, 4.69) is 20.8 Å². The lowest BCUT2D eigenvalue weighted by molar-refractivity contribution is 0.0931. The molecule has 0 saturated heterocycles. The van der Waals surface area contributed by atoms with Crippen molar-refractivity contribution in [3.05, 3.63) is 17.0 Å². The molecule has 6 nitrogen and oxygen atoms in total. The lowest BCUT2D eigenvalue weighted by Crippen LogP contribution is -2.32. The average molecular weight is 315 g/mol. The summed E-state index contributed by atoms with van der Waals surface area (Å²) in [7, 11) is 1.72. The molecule has 0 spiro atoms. The van der Waals surface area contributed by atoms with Crippen molar-refractivity contribution in [1.82, 2.24) is 20.8 Å². The van der Waals surface area contributed by atoms with Gasteiger partial charge in [0.05, 0.1) is 0 Å². The van der Waals surface area contributed by atoms with E-state index in [4.69, 9.17) is 4.74 Å². The molecule has 1 amide bonds. The van der Waals surface area contributed by atoms with Gasteiger partial charge in [0.15, 0.2) is 5.69 Å². The number of methoxy groups -OCH3 is 1. The number of nitrogens with zero attached hydrogens (tertiary/aromatic N) is 1. The summed E-state index contributed by atoms with van der Waals surface area (Å²) in [5.41, 5.74) is 2.93. The van der Waals surface area contributed by atoms with E-state index in [1.165, 1.54) is 12.8 Å². The Bertz CT molecular complexity index is 499. The van der Waals surface area contributed by atoms with Crippen molar-refractivity contribution in [2.24, 2.45) is 5.41 Å². The molecule has 1 aliphatic heterocycles. The number of ether oxygens (including phenoxy) is 1. The van der Waals surface area contributed by atoms with Crippen LogP contribution in [-0.2, 0) is 17.7 Å². The van der Waals surface area contributed by atoms with Crippen LogP contribution >= 0.6 is 12.4 Å². The van der Waals surface area contributed by atoms with E-state index < -0.39 is 0 Å². The van der Waals surface area contributed by atoms with Gasteiger partial charge in [-0.2, -0.15) is 5.10 Å². The number of fused-ring (bicyclic) bond motifs is 1. The molecule has 1 fully saturated rings. The molecule has 1 aromatic heterocycles. The fraction of sp³-hybridized carbons (Fsp3) is 0.714. The van der Waals surface area contributed by atoms with Crippen LogP contribution in [0, 0.1) is 5.41 Å². The Balaban J connectivity index is 0.00000161. The van der Waals surface area contributed by atoms with Crippen LogP contribution in [0.15, 0.2) is 0 Å². The molecule has 0 bridgehead atoms. The maximum Gasteiger partial charge on any atom is 0.272 e. The van der Waals surface area contributed by atoms with Crippen LogP contribution in [0.3, 0.4) is 0 Å². The Morgan fingerprint density at radius 3 is 3.00 bits per heavy atom. The highest BCUT2D eigenvalue weighted by molar-refractivity contribution is 5.94. The summed E-state index contributed by atoms with van der Waals surface area (Å²) in [4.78, 5) is 12.3. The molecule has 0 aromatic carbocycles. The molecule has 3 N–H and O–H groups in total. The number of hydrogen-bond donors (Lipinski definition) is 3. The predicted molar refractivity (Wildman–Crippen MR) is 81.7 cm³/mol. The van der Waals surface area contributed by atoms with Crippen LogP contribution in [0.5, 0.6) is 0 Å². The first-order chi connectivity index (χ1) is 9.74. The summed E-state index contributed by atoms with van der Waals surface area (Å²) < 4.78 is 5.13. The molecule has 2 aliphatic rings. The SMILES string of the molecule is COCCC1(CNC(=O)c2n[nH]c3c2CNCC3)CC1.Cl. The number of rotatable bonds is 6. The fourth-order valence-electron chi connectivity index (χ4n) is 2.78. The van der Waals surface area contributed by atoms with E-state index in [1.807, 2.05) is 0 Å². The van der Waals surface area contributed by atoms with E-state index in [0.717, 1.165) is 50.3 Å². The van der Waals surface area contributed by atoms with Crippen LogP contribution in [0.2, 0.25) is 0 Å². The minimum absolute atomic E-state index is 0. The molecule has 1 saturated carbocycles. The van der Waals surface area contributed by atoms with Crippen LogP contribution in [0.1, 0.15) is 41.0 Å². The lowest BCUT2D eigenvalue weighted by Gasteiger charge is -2.16. The summed E-state index contributed by atoms with van der Waals surface area (Å²) >= 11 is 0. The monoisotopic (exact) mass is 314 g/mol. The third kappa shape index (κ3) is 3.56. The van der Waals surface area contributed by atoms with E-state index >= 15 is 0 Å². The van der Waals surface area contributed by atoms with Gasteiger partial charge in [-0.05, 0) is 24.7 Å². The third-order valence-corrected chi connectivity index (χ3v) is 4.44. The molecule has 3 rings (SSSR count).